The van der Waals surface area contributed by atoms with Gasteiger partial charge in [-0.3, -0.25) is 4.79 Å². The summed E-state index contributed by atoms with van der Waals surface area (Å²) in [6.07, 6.45) is 0.757. The molecule has 1 saturated heterocycles. The fourth-order valence-corrected chi connectivity index (χ4v) is 4.64. The summed E-state index contributed by atoms with van der Waals surface area (Å²) in [6.45, 7) is 3.79. The van der Waals surface area contributed by atoms with Crippen molar-refractivity contribution in [1.82, 2.24) is 14.9 Å². The number of hydrazine groups is 1. The lowest BCUT2D eigenvalue weighted by Gasteiger charge is -2.34. The lowest BCUT2D eigenvalue weighted by atomic mass is 10.0. The van der Waals surface area contributed by atoms with Crippen LogP contribution >= 0.6 is 11.3 Å². The van der Waals surface area contributed by atoms with E-state index in [2.05, 4.69) is 4.98 Å². The lowest BCUT2D eigenvalue weighted by Crippen LogP contribution is -2.52. The zero-order valence-electron chi connectivity index (χ0n) is 16.2. The molecule has 2 aromatic rings. The van der Waals surface area contributed by atoms with Crippen LogP contribution in [0.3, 0.4) is 0 Å². The summed E-state index contributed by atoms with van der Waals surface area (Å²) in [7, 11) is 0. The van der Waals surface area contributed by atoms with Crippen molar-refractivity contribution in [3.63, 3.8) is 0 Å². The van der Waals surface area contributed by atoms with Gasteiger partial charge in [-0.25, -0.2) is 15.6 Å². The molecule has 6 N–H and O–H groups in total. The van der Waals surface area contributed by atoms with Crippen LogP contribution < -0.4 is 11.6 Å². The fourth-order valence-electron chi connectivity index (χ4n) is 3.55. The highest BCUT2D eigenvalue weighted by atomic mass is 32.1. The van der Waals surface area contributed by atoms with Gasteiger partial charge in [0.2, 0.25) is 5.91 Å². The monoisotopic (exact) mass is 419 g/mol. The lowest BCUT2D eigenvalue weighted by molar-refractivity contribution is -0.139. The van der Waals surface area contributed by atoms with Crippen molar-refractivity contribution in [2.75, 3.05) is 6.54 Å². The number of aliphatic carboxylic acids is 1. The number of benzene rings is 1. The predicted octanol–water partition coefficient (Wildman–Crippen LogP) is 1.02. The van der Waals surface area contributed by atoms with E-state index >= 15 is 0 Å². The van der Waals surface area contributed by atoms with Crippen LogP contribution in [0.2, 0.25) is 0 Å². The van der Waals surface area contributed by atoms with E-state index in [0.29, 0.717) is 6.42 Å². The van der Waals surface area contributed by atoms with Gasteiger partial charge in [0.05, 0.1) is 22.4 Å². The van der Waals surface area contributed by atoms with Gasteiger partial charge in [-0.1, -0.05) is 26.0 Å². The van der Waals surface area contributed by atoms with Gasteiger partial charge in [-0.15, -0.1) is 11.3 Å². The van der Waals surface area contributed by atoms with Crippen LogP contribution in [0.4, 0.5) is 0 Å². The Morgan fingerprint density at radius 1 is 1.38 bits per heavy atom. The van der Waals surface area contributed by atoms with Crippen LogP contribution in [0.5, 0.6) is 0 Å². The van der Waals surface area contributed by atoms with E-state index in [4.69, 9.17) is 16.7 Å². The molecule has 1 aromatic heterocycles. The number of hydrogen-bond acceptors (Lipinski definition) is 8. The molecule has 1 fully saturated rings. The molecule has 2 heterocycles. The molecule has 3 rings (SSSR count). The molecule has 0 radical (unpaired) electrons. The number of β-amino-alcohol motifs (C(OH)–C–C–N with tert-alkyl or cyclic N) is 1. The number of carboxylic acids is 1. The summed E-state index contributed by atoms with van der Waals surface area (Å²) in [6, 6.07) is 6.49. The first-order valence-electron chi connectivity index (χ1n) is 9.26. The highest BCUT2D eigenvalue weighted by Gasteiger charge is 2.41. The van der Waals surface area contributed by atoms with E-state index in [1.165, 1.54) is 11.3 Å². The second-order valence-electron chi connectivity index (χ2n) is 7.44. The molecule has 156 valence electrons. The second kappa shape index (κ2) is 8.36. The minimum absolute atomic E-state index is 0.161. The summed E-state index contributed by atoms with van der Waals surface area (Å²) < 4.78 is 1.01. The van der Waals surface area contributed by atoms with Gasteiger partial charge >= 0.3 is 5.97 Å². The molecule has 0 spiro atoms. The number of nitrogens with two attached hydrogens (primary N) is 2. The number of carbonyl (C=O) groups is 2. The highest BCUT2D eigenvalue weighted by molar-refractivity contribution is 7.18. The van der Waals surface area contributed by atoms with Gasteiger partial charge in [0.25, 0.3) is 0 Å². The van der Waals surface area contributed by atoms with E-state index in [1.54, 1.807) is 4.90 Å². The van der Waals surface area contributed by atoms with E-state index in [1.807, 2.05) is 38.1 Å². The average Bonchev–Trinajstić information content (AvgIpc) is 3.24. The van der Waals surface area contributed by atoms with Crippen molar-refractivity contribution in [2.24, 2.45) is 17.5 Å². The third kappa shape index (κ3) is 4.34. The van der Waals surface area contributed by atoms with Crippen LogP contribution in [0.1, 0.15) is 31.3 Å². The standard InChI is InChI=1S/C19H25N5O4S/c1-10(2)16(24(21)9-12(20)19(27)28)18(26)23-8-11(25)7-14(23)17-22-13-5-3-4-6-15(13)29-17/h3-6,9-11,14,16,25H,7-8,20-21H2,1-2H3,(H,27,28)/b12-9-/t11-,14+,16+/m1/s1. The van der Waals surface area contributed by atoms with Crippen molar-refractivity contribution < 1.29 is 19.8 Å². The Labute approximate surface area is 172 Å². The molecule has 1 aromatic carbocycles. The van der Waals surface area contributed by atoms with Crippen molar-refractivity contribution in [3.8, 4) is 0 Å². The summed E-state index contributed by atoms with van der Waals surface area (Å²) >= 11 is 1.49. The first-order chi connectivity index (χ1) is 13.7. The number of carboxylic acid groups (broad SMARTS) is 1. The Bertz CT molecular complexity index is 911. The number of aliphatic hydroxyl groups excluding tert-OH is 1. The van der Waals surface area contributed by atoms with Crippen LogP contribution in [0.15, 0.2) is 36.2 Å². The number of rotatable bonds is 6. The van der Waals surface area contributed by atoms with Gasteiger partial charge < -0.3 is 25.9 Å². The van der Waals surface area contributed by atoms with Crippen LogP contribution in [-0.2, 0) is 9.59 Å². The van der Waals surface area contributed by atoms with Crippen molar-refractivity contribution in [3.05, 3.63) is 41.2 Å². The van der Waals surface area contributed by atoms with Gasteiger partial charge in [0, 0.05) is 19.2 Å². The Morgan fingerprint density at radius 2 is 2.07 bits per heavy atom. The van der Waals surface area contributed by atoms with Gasteiger partial charge in [-0.05, 0) is 18.1 Å². The smallest absolute Gasteiger partial charge is 0.353 e. The van der Waals surface area contributed by atoms with Crippen molar-refractivity contribution >= 4 is 33.4 Å². The van der Waals surface area contributed by atoms with E-state index < -0.39 is 23.8 Å². The Hall–Kier alpha value is -2.69. The zero-order chi connectivity index (χ0) is 21.3. The minimum Gasteiger partial charge on any atom is -0.477 e. The number of amides is 1. The summed E-state index contributed by atoms with van der Waals surface area (Å²) in [4.78, 5) is 30.6. The molecule has 0 saturated carbocycles. The highest BCUT2D eigenvalue weighted by Crippen LogP contribution is 2.37. The molecular weight excluding hydrogens is 394 g/mol. The number of thiazole rings is 1. The summed E-state index contributed by atoms with van der Waals surface area (Å²) in [5.74, 6) is 4.15. The molecule has 0 aliphatic carbocycles. The molecule has 3 atom stereocenters. The Balaban J connectivity index is 1.91. The number of nitrogens with zero attached hydrogens (tertiary/aromatic N) is 3. The maximum Gasteiger partial charge on any atom is 0.353 e. The number of aromatic nitrogens is 1. The number of aliphatic hydroxyl groups is 1. The summed E-state index contributed by atoms with van der Waals surface area (Å²) in [5, 5.41) is 21.0. The Kier molecular flexibility index (Phi) is 6.06. The number of likely N-dealkylation sites (tertiary alicyclic amines) is 1. The molecule has 9 nitrogen and oxygen atoms in total. The molecule has 1 aliphatic rings. The molecular formula is C19H25N5O4S. The minimum atomic E-state index is -1.32. The van der Waals surface area contributed by atoms with Gasteiger partial charge in [-0.2, -0.15) is 0 Å². The zero-order valence-corrected chi connectivity index (χ0v) is 17.0. The maximum atomic E-state index is 13.4. The third-order valence-electron chi connectivity index (χ3n) is 4.90. The SMILES string of the molecule is CC(C)[C@@H](C(=O)N1C[C@H](O)C[C@H]1c1nc2ccccc2s1)N(N)/C=C(\N)C(=O)O. The number of hydrogen-bond donors (Lipinski definition) is 4. The molecule has 29 heavy (non-hydrogen) atoms. The maximum absolute atomic E-state index is 13.4. The van der Waals surface area contributed by atoms with Gasteiger partial charge in [0.1, 0.15) is 16.7 Å². The first-order valence-corrected chi connectivity index (χ1v) is 10.1. The number of carbonyl (C=O) groups excluding carboxylic acids is 1. The number of para-hydroxylation sites is 1. The van der Waals surface area contributed by atoms with Crippen molar-refractivity contribution in [1.29, 1.82) is 0 Å². The van der Waals surface area contributed by atoms with Crippen molar-refractivity contribution in [2.45, 2.75) is 38.5 Å². The third-order valence-corrected chi connectivity index (χ3v) is 6.04. The largest absolute Gasteiger partial charge is 0.477 e. The molecule has 10 heteroatoms. The Morgan fingerprint density at radius 3 is 2.69 bits per heavy atom. The first kappa shape index (κ1) is 21.0. The van der Waals surface area contributed by atoms with E-state index in [0.717, 1.165) is 26.4 Å². The topological polar surface area (TPSA) is 146 Å². The molecule has 0 bridgehead atoms. The predicted molar refractivity (Wildman–Crippen MR) is 109 cm³/mol. The fraction of sp³-hybridized carbons (Fsp3) is 0.421. The second-order valence-corrected chi connectivity index (χ2v) is 8.50. The molecule has 1 aliphatic heterocycles. The van der Waals surface area contributed by atoms with E-state index in [9.17, 15) is 14.7 Å². The molecule has 1 amide bonds. The van der Waals surface area contributed by atoms with Crippen LogP contribution in [0.25, 0.3) is 10.2 Å². The summed E-state index contributed by atoms with van der Waals surface area (Å²) in [5.41, 5.74) is 5.84. The molecule has 0 unspecified atom stereocenters. The quantitative estimate of drug-likeness (QED) is 0.308. The van der Waals surface area contributed by atoms with Crippen LogP contribution in [0, 0.1) is 5.92 Å². The number of fused-ring (bicyclic) bond motifs is 1. The van der Waals surface area contributed by atoms with Gasteiger partial charge in [0.15, 0.2) is 0 Å². The average molecular weight is 420 g/mol. The normalized spacial score (nSPS) is 21.0. The van der Waals surface area contributed by atoms with Crippen LogP contribution in [-0.4, -0.2) is 55.7 Å². The van der Waals surface area contributed by atoms with E-state index in [-0.39, 0.29) is 24.4 Å².